The van der Waals surface area contributed by atoms with Crippen molar-refractivity contribution >= 4 is 17.4 Å². The predicted molar refractivity (Wildman–Crippen MR) is 142 cm³/mol. The summed E-state index contributed by atoms with van der Waals surface area (Å²) < 4.78 is 2.23. The topological polar surface area (TPSA) is 23.8 Å². The third kappa shape index (κ3) is 3.92. The van der Waals surface area contributed by atoms with Gasteiger partial charge in [0.1, 0.15) is 5.65 Å². The van der Waals surface area contributed by atoms with Crippen LogP contribution in [0.3, 0.4) is 0 Å². The Balaban J connectivity index is 1.22. The Bertz CT molecular complexity index is 1340. The zero-order valence-electron chi connectivity index (χ0n) is 20.1. The Morgan fingerprint density at radius 2 is 1.74 bits per heavy atom. The summed E-state index contributed by atoms with van der Waals surface area (Å²) >= 11 is 0. The van der Waals surface area contributed by atoms with Crippen LogP contribution in [0.1, 0.15) is 36.1 Å². The first-order valence-electron chi connectivity index (χ1n) is 12.5. The van der Waals surface area contributed by atoms with Crippen LogP contribution in [-0.2, 0) is 12.8 Å². The summed E-state index contributed by atoms with van der Waals surface area (Å²) in [5.41, 5.74) is 10.1. The number of hydrogen-bond donors (Lipinski definition) is 0. The highest BCUT2D eigenvalue weighted by atomic mass is 15.3. The van der Waals surface area contributed by atoms with Gasteiger partial charge in [-0.1, -0.05) is 42.5 Å². The van der Waals surface area contributed by atoms with Crippen LogP contribution in [0.4, 0.5) is 5.69 Å². The third-order valence-corrected chi connectivity index (χ3v) is 7.45. The molecule has 2 aliphatic rings. The highest BCUT2D eigenvalue weighted by Crippen LogP contribution is 2.29. The maximum Gasteiger partial charge on any atom is 0.140 e. The van der Waals surface area contributed by atoms with E-state index in [2.05, 4.69) is 101 Å². The van der Waals surface area contributed by atoms with Crippen molar-refractivity contribution in [2.75, 3.05) is 31.1 Å². The lowest BCUT2D eigenvalue weighted by molar-refractivity contribution is 0.209. The molecule has 4 heteroatoms. The van der Waals surface area contributed by atoms with E-state index in [-0.39, 0.29) is 0 Å². The van der Waals surface area contributed by atoms with Crippen molar-refractivity contribution in [3.63, 3.8) is 0 Å². The second-order valence-corrected chi connectivity index (χ2v) is 9.84. The quantitative estimate of drug-likeness (QED) is 0.392. The smallest absolute Gasteiger partial charge is 0.140 e. The highest BCUT2D eigenvalue weighted by Gasteiger charge is 2.19. The molecule has 1 fully saturated rings. The molecule has 1 saturated heterocycles. The summed E-state index contributed by atoms with van der Waals surface area (Å²) in [4.78, 5) is 9.79. The summed E-state index contributed by atoms with van der Waals surface area (Å²) in [6.45, 7) is 9.07. The minimum atomic E-state index is 0.634. The number of rotatable bonds is 5. The molecule has 0 spiro atoms. The number of anilines is 1. The highest BCUT2D eigenvalue weighted by molar-refractivity contribution is 5.72. The van der Waals surface area contributed by atoms with Gasteiger partial charge in [-0.15, -0.1) is 0 Å². The van der Waals surface area contributed by atoms with Gasteiger partial charge in [-0.25, -0.2) is 4.98 Å². The number of hydrogen-bond acceptors (Lipinski definition) is 3. The number of fused-ring (bicyclic) bond motifs is 2. The molecule has 0 amide bonds. The summed E-state index contributed by atoms with van der Waals surface area (Å²) in [7, 11) is 0. The van der Waals surface area contributed by atoms with Gasteiger partial charge in [-0.05, 0) is 72.4 Å². The second kappa shape index (κ2) is 8.77. The molecule has 2 aromatic carbocycles. The first kappa shape index (κ1) is 21.2. The zero-order valence-corrected chi connectivity index (χ0v) is 20.1. The van der Waals surface area contributed by atoms with Crippen LogP contribution in [0, 0.1) is 0 Å². The Hall–Kier alpha value is -3.37. The van der Waals surface area contributed by atoms with Crippen molar-refractivity contribution in [1.29, 1.82) is 0 Å². The molecule has 0 N–H and O–H groups in total. The van der Waals surface area contributed by atoms with Crippen LogP contribution >= 0.6 is 0 Å². The summed E-state index contributed by atoms with van der Waals surface area (Å²) in [6.07, 6.45) is 10.4. The molecule has 6 rings (SSSR count). The number of allylic oxidation sites excluding steroid dienone is 1. The van der Waals surface area contributed by atoms with Crippen molar-refractivity contribution in [2.24, 2.45) is 0 Å². The molecule has 0 atom stereocenters. The van der Waals surface area contributed by atoms with Crippen molar-refractivity contribution in [3.8, 4) is 11.3 Å². The molecule has 1 aliphatic carbocycles. The van der Waals surface area contributed by atoms with Crippen LogP contribution < -0.4 is 4.90 Å². The normalized spacial score (nSPS) is 16.0. The number of nitrogens with zero attached hydrogens (tertiary/aromatic N) is 4. The van der Waals surface area contributed by atoms with E-state index in [0.717, 1.165) is 44.7 Å². The molecule has 3 heterocycles. The van der Waals surface area contributed by atoms with Crippen molar-refractivity contribution < 1.29 is 0 Å². The minimum absolute atomic E-state index is 0.634. The molecule has 0 saturated carbocycles. The third-order valence-electron chi connectivity index (χ3n) is 7.45. The van der Waals surface area contributed by atoms with Gasteiger partial charge in [0.25, 0.3) is 0 Å². The number of imidazole rings is 1. The van der Waals surface area contributed by atoms with Gasteiger partial charge in [-0.2, -0.15) is 0 Å². The lowest BCUT2D eigenvalue weighted by Crippen LogP contribution is -2.48. The van der Waals surface area contributed by atoms with Gasteiger partial charge in [0, 0.05) is 56.7 Å². The van der Waals surface area contributed by atoms with Crippen LogP contribution in [0.2, 0.25) is 0 Å². The summed E-state index contributed by atoms with van der Waals surface area (Å²) in [5, 5.41) is 0. The van der Waals surface area contributed by atoms with E-state index in [1.54, 1.807) is 0 Å². The van der Waals surface area contributed by atoms with Crippen LogP contribution in [-0.4, -0.2) is 46.5 Å². The van der Waals surface area contributed by atoms with E-state index in [4.69, 9.17) is 4.98 Å². The minimum Gasteiger partial charge on any atom is -0.369 e. The molecule has 0 bridgehead atoms. The van der Waals surface area contributed by atoms with E-state index in [1.807, 2.05) is 6.20 Å². The number of pyridine rings is 1. The molecular formula is C30H32N4. The molecule has 0 unspecified atom stereocenters. The second-order valence-electron chi connectivity index (χ2n) is 9.84. The lowest BCUT2D eigenvalue weighted by atomic mass is 10.0. The molecule has 0 radical (unpaired) electrons. The number of piperazine rings is 1. The number of benzene rings is 2. The molecule has 4 nitrogen and oxygen atoms in total. The van der Waals surface area contributed by atoms with Gasteiger partial charge < -0.3 is 4.90 Å². The largest absolute Gasteiger partial charge is 0.369 e. The SMILES string of the molecule is CC(C)N1CCN(c2ccc(Cc3ccc(-c4ccc5c(c4)C=CC5)n4ccnc34)cc2)CC1. The van der Waals surface area contributed by atoms with Gasteiger partial charge in [0.15, 0.2) is 0 Å². The first-order valence-corrected chi connectivity index (χ1v) is 12.5. The Labute approximate surface area is 202 Å². The summed E-state index contributed by atoms with van der Waals surface area (Å²) in [6, 6.07) is 21.1. The van der Waals surface area contributed by atoms with Gasteiger partial charge in [-0.3, -0.25) is 9.30 Å². The zero-order chi connectivity index (χ0) is 23.1. The standard InChI is InChI=1S/C30H32N4/c1-22(2)32-16-18-33(19-17-32)28-11-6-23(7-12-28)20-27-10-13-29(34-15-14-31-30(27)34)26-9-8-24-4-3-5-25(24)21-26/h3,5-15,21-22H,4,16-20H2,1-2H3. The molecule has 172 valence electrons. The van der Waals surface area contributed by atoms with Crippen molar-refractivity contribution in [1.82, 2.24) is 14.3 Å². The molecule has 2 aromatic heterocycles. The average Bonchev–Trinajstić information content (AvgIpc) is 3.54. The van der Waals surface area contributed by atoms with Gasteiger partial charge >= 0.3 is 0 Å². The van der Waals surface area contributed by atoms with E-state index >= 15 is 0 Å². The Kier molecular flexibility index (Phi) is 5.46. The summed E-state index contributed by atoms with van der Waals surface area (Å²) in [5.74, 6) is 0. The molecule has 1 aliphatic heterocycles. The van der Waals surface area contributed by atoms with E-state index in [0.29, 0.717) is 6.04 Å². The Morgan fingerprint density at radius 3 is 2.53 bits per heavy atom. The van der Waals surface area contributed by atoms with E-state index in [1.165, 1.54) is 39.2 Å². The average molecular weight is 449 g/mol. The molecule has 34 heavy (non-hydrogen) atoms. The number of aromatic nitrogens is 2. The Morgan fingerprint density at radius 1 is 0.912 bits per heavy atom. The van der Waals surface area contributed by atoms with Crippen molar-refractivity contribution in [2.45, 2.75) is 32.7 Å². The van der Waals surface area contributed by atoms with E-state index < -0.39 is 0 Å². The first-order chi connectivity index (χ1) is 16.7. The fourth-order valence-corrected chi connectivity index (χ4v) is 5.39. The van der Waals surface area contributed by atoms with Gasteiger partial charge in [0.2, 0.25) is 0 Å². The maximum absolute atomic E-state index is 4.72. The molecule has 4 aromatic rings. The fraction of sp³-hybridized carbons (Fsp3) is 0.300. The van der Waals surface area contributed by atoms with Crippen LogP contribution in [0.25, 0.3) is 23.0 Å². The monoisotopic (exact) mass is 448 g/mol. The van der Waals surface area contributed by atoms with Crippen molar-refractivity contribution in [3.05, 3.63) is 95.3 Å². The maximum atomic E-state index is 4.72. The van der Waals surface area contributed by atoms with E-state index in [9.17, 15) is 0 Å². The van der Waals surface area contributed by atoms with Crippen LogP contribution in [0.5, 0.6) is 0 Å². The van der Waals surface area contributed by atoms with Gasteiger partial charge in [0.05, 0.1) is 5.69 Å². The molecular weight excluding hydrogens is 416 g/mol. The fourth-order valence-electron chi connectivity index (χ4n) is 5.39. The lowest BCUT2D eigenvalue weighted by Gasteiger charge is -2.38. The van der Waals surface area contributed by atoms with Crippen LogP contribution in [0.15, 0.2) is 73.1 Å². The predicted octanol–water partition coefficient (Wildman–Crippen LogP) is 5.69.